The van der Waals surface area contributed by atoms with Crippen LogP contribution in [0.25, 0.3) is 0 Å². The van der Waals surface area contributed by atoms with Crippen molar-refractivity contribution in [2.75, 3.05) is 13.6 Å². The Bertz CT molecular complexity index is 314. The second-order valence-electron chi connectivity index (χ2n) is 3.16. The molecule has 15 heavy (non-hydrogen) atoms. The number of hydrogen-bond donors (Lipinski definition) is 3. The molecule has 0 aliphatic rings. The second-order valence-corrected chi connectivity index (χ2v) is 4.98. The Kier molecular flexibility index (Phi) is 5.55. The fourth-order valence-corrected chi connectivity index (χ4v) is 2.11. The Morgan fingerprint density at radius 2 is 2.20 bits per heavy atom. The Hall–Kier alpha value is -0.860. The minimum atomic E-state index is -3.47. The maximum Gasteiger partial charge on any atom is 0.279 e. The Morgan fingerprint density at radius 1 is 1.67 bits per heavy atom. The van der Waals surface area contributed by atoms with Gasteiger partial charge < -0.3 is 10.9 Å². The van der Waals surface area contributed by atoms with Crippen molar-refractivity contribution in [3.05, 3.63) is 0 Å². The van der Waals surface area contributed by atoms with E-state index in [0.29, 0.717) is 6.54 Å². The maximum absolute atomic E-state index is 11.5. The largest absolute Gasteiger partial charge is 0.409 e. The Balaban J connectivity index is 4.51. The van der Waals surface area contributed by atoms with Gasteiger partial charge in [0.05, 0.1) is 0 Å². The second kappa shape index (κ2) is 5.89. The van der Waals surface area contributed by atoms with Gasteiger partial charge in [0.1, 0.15) is 5.84 Å². The topological polar surface area (TPSA) is 108 Å². The molecule has 0 aromatic heterocycles. The molecule has 0 saturated heterocycles. The summed E-state index contributed by atoms with van der Waals surface area (Å²) in [7, 11) is -2.03. The summed E-state index contributed by atoms with van der Waals surface area (Å²) in [5, 5.41) is 11.1. The van der Waals surface area contributed by atoms with Crippen LogP contribution in [0, 0.1) is 0 Å². The van der Waals surface area contributed by atoms with Crippen LogP contribution in [-0.2, 0) is 10.2 Å². The van der Waals surface area contributed by atoms with E-state index in [1.54, 1.807) is 13.8 Å². The van der Waals surface area contributed by atoms with E-state index in [4.69, 9.17) is 10.9 Å². The van der Waals surface area contributed by atoms with E-state index in [2.05, 4.69) is 9.88 Å². The normalized spacial score (nSPS) is 15.6. The molecule has 7 nitrogen and oxygen atoms in total. The summed E-state index contributed by atoms with van der Waals surface area (Å²) in [6.45, 7) is 3.69. The van der Waals surface area contributed by atoms with Gasteiger partial charge in [-0.15, -0.1) is 0 Å². The lowest BCUT2D eigenvalue weighted by molar-refractivity contribution is 0.313. The zero-order valence-corrected chi connectivity index (χ0v) is 9.95. The molecule has 0 amide bonds. The van der Waals surface area contributed by atoms with Gasteiger partial charge in [0.25, 0.3) is 10.2 Å². The van der Waals surface area contributed by atoms with Crippen LogP contribution in [-0.4, -0.2) is 43.4 Å². The van der Waals surface area contributed by atoms with Gasteiger partial charge in [0.15, 0.2) is 0 Å². The number of hydrogen-bond acceptors (Lipinski definition) is 4. The first kappa shape index (κ1) is 14.1. The fourth-order valence-electron chi connectivity index (χ4n) is 0.993. The van der Waals surface area contributed by atoms with Gasteiger partial charge in [0.2, 0.25) is 0 Å². The molecule has 0 spiro atoms. The molecule has 8 heteroatoms. The molecule has 0 radical (unpaired) electrons. The van der Waals surface area contributed by atoms with E-state index in [0.717, 1.165) is 4.31 Å². The van der Waals surface area contributed by atoms with Crippen LogP contribution in [0.3, 0.4) is 0 Å². The van der Waals surface area contributed by atoms with Crippen molar-refractivity contribution in [2.45, 2.75) is 26.3 Å². The highest BCUT2D eigenvalue weighted by molar-refractivity contribution is 7.87. The minimum Gasteiger partial charge on any atom is -0.409 e. The lowest BCUT2D eigenvalue weighted by Gasteiger charge is -2.23. The molecule has 0 saturated carbocycles. The maximum atomic E-state index is 11.5. The van der Waals surface area contributed by atoms with Crippen molar-refractivity contribution >= 4 is 16.0 Å². The molecule has 1 atom stereocenters. The smallest absolute Gasteiger partial charge is 0.279 e. The van der Waals surface area contributed by atoms with Crippen LogP contribution in [0.1, 0.15) is 20.3 Å². The van der Waals surface area contributed by atoms with Gasteiger partial charge in [-0.25, -0.2) is 4.72 Å². The summed E-state index contributed by atoms with van der Waals surface area (Å²) < 4.78 is 26.5. The third-order valence-electron chi connectivity index (χ3n) is 1.96. The van der Waals surface area contributed by atoms with Gasteiger partial charge in [-0.2, -0.15) is 12.7 Å². The highest BCUT2D eigenvalue weighted by atomic mass is 32.2. The molecule has 0 aromatic carbocycles. The van der Waals surface area contributed by atoms with E-state index in [9.17, 15) is 8.42 Å². The summed E-state index contributed by atoms with van der Waals surface area (Å²) in [5.74, 6) is 0.000971. The fraction of sp³-hybridized carbons (Fsp3) is 0.857. The highest BCUT2D eigenvalue weighted by Crippen LogP contribution is 2.05. The summed E-state index contributed by atoms with van der Waals surface area (Å²) in [4.78, 5) is 0. The molecule has 0 aromatic rings. The molecule has 0 bridgehead atoms. The number of amidine groups is 1. The first-order valence-electron chi connectivity index (χ1n) is 4.54. The van der Waals surface area contributed by atoms with Crippen molar-refractivity contribution in [3.63, 3.8) is 0 Å². The van der Waals surface area contributed by atoms with Gasteiger partial charge in [0, 0.05) is 26.1 Å². The molecular weight excluding hydrogens is 220 g/mol. The Labute approximate surface area is 90.1 Å². The lowest BCUT2D eigenvalue weighted by atomic mass is 10.2. The Morgan fingerprint density at radius 3 is 2.60 bits per heavy atom. The molecule has 0 heterocycles. The van der Waals surface area contributed by atoms with Crippen LogP contribution in [0.4, 0.5) is 0 Å². The highest BCUT2D eigenvalue weighted by Gasteiger charge is 2.22. The average molecular weight is 238 g/mol. The van der Waals surface area contributed by atoms with Gasteiger partial charge in [-0.3, -0.25) is 0 Å². The third kappa shape index (κ3) is 4.45. The third-order valence-corrected chi connectivity index (χ3v) is 3.73. The lowest BCUT2D eigenvalue weighted by Crippen LogP contribution is -2.44. The van der Waals surface area contributed by atoms with E-state index >= 15 is 0 Å². The molecule has 0 aliphatic heterocycles. The standard InChI is InChI=1S/C7H18N4O3S/c1-4-9-15(13,14)11(3)6(2)5-7(8)10-12/h6,9,12H,4-5H2,1-3H3,(H2,8,10). The van der Waals surface area contributed by atoms with Crippen molar-refractivity contribution in [1.82, 2.24) is 9.03 Å². The predicted molar refractivity (Wildman–Crippen MR) is 57.8 cm³/mol. The van der Waals surface area contributed by atoms with Crippen LogP contribution >= 0.6 is 0 Å². The zero-order valence-electron chi connectivity index (χ0n) is 9.14. The average Bonchev–Trinajstić information content (AvgIpc) is 2.16. The minimum absolute atomic E-state index is 0.000971. The van der Waals surface area contributed by atoms with Gasteiger partial charge >= 0.3 is 0 Å². The number of rotatable bonds is 6. The van der Waals surface area contributed by atoms with Gasteiger partial charge in [-0.1, -0.05) is 12.1 Å². The summed E-state index contributed by atoms with van der Waals surface area (Å²) in [6.07, 6.45) is 0.178. The predicted octanol–water partition coefficient (Wildman–Crippen LogP) is -0.702. The molecule has 0 aliphatic carbocycles. The number of nitrogens with one attached hydrogen (secondary N) is 1. The van der Waals surface area contributed by atoms with Crippen LogP contribution in [0.5, 0.6) is 0 Å². The number of oxime groups is 1. The van der Waals surface area contributed by atoms with Crippen molar-refractivity contribution < 1.29 is 13.6 Å². The first-order chi connectivity index (χ1) is 6.85. The molecule has 0 fully saturated rings. The van der Waals surface area contributed by atoms with Gasteiger partial charge in [-0.05, 0) is 6.92 Å². The number of nitrogens with two attached hydrogens (primary N) is 1. The van der Waals surface area contributed by atoms with E-state index in [1.165, 1.54) is 7.05 Å². The van der Waals surface area contributed by atoms with E-state index in [1.807, 2.05) is 0 Å². The molecule has 4 N–H and O–H groups in total. The zero-order chi connectivity index (χ0) is 12.1. The summed E-state index contributed by atoms with van der Waals surface area (Å²) in [5.41, 5.74) is 5.29. The van der Waals surface area contributed by atoms with Crippen LogP contribution < -0.4 is 10.5 Å². The quantitative estimate of drug-likeness (QED) is 0.246. The van der Waals surface area contributed by atoms with Crippen LogP contribution in [0.2, 0.25) is 0 Å². The molecule has 0 rings (SSSR count). The monoisotopic (exact) mass is 238 g/mol. The number of nitrogens with zero attached hydrogens (tertiary/aromatic N) is 2. The SMILES string of the molecule is CCNS(=O)(=O)N(C)C(C)CC(N)=NO. The van der Waals surface area contributed by atoms with Crippen molar-refractivity contribution in [2.24, 2.45) is 10.9 Å². The van der Waals surface area contributed by atoms with E-state index in [-0.39, 0.29) is 18.3 Å². The van der Waals surface area contributed by atoms with E-state index < -0.39 is 10.2 Å². The summed E-state index contributed by atoms with van der Waals surface area (Å²) >= 11 is 0. The molecular formula is C7H18N4O3S. The molecule has 90 valence electrons. The van der Waals surface area contributed by atoms with Crippen molar-refractivity contribution in [3.8, 4) is 0 Å². The molecule has 1 unspecified atom stereocenters. The van der Waals surface area contributed by atoms with Crippen molar-refractivity contribution in [1.29, 1.82) is 0 Å². The summed E-state index contributed by atoms with van der Waals surface area (Å²) in [6, 6.07) is -0.370. The van der Waals surface area contributed by atoms with Crippen LogP contribution in [0.15, 0.2) is 5.16 Å². The first-order valence-corrected chi connectivity index (χ1v) is 5.98.